The van der Waals surface area contributed by atoms with Crippen molar-refractivity contribution in [2.75, 3.05) is 11.9 Å². The molecule has 1 atom stereocenters. The zero-order chi connectivity index (χ0) is 16.7. The van der Waals surface area contributed by atoms with Gasteiger partial charge in [0.25, 0.3) is 0 Å². The second kappa shape index (κ2) is 5.61. The lowest BCUT2D eigenvalue weighted by atomic mass is 9.99. The number of aliphatic hydroxyl groups excluding tert-OH is 1. The molecule has 0 spiro atoms. The Balaban J connectivity index is 1.88. The van der Waals surface area contributed by atoms with Gasteiger partial charge in [0.05, 0.1) is 11.2 Å². The van der Waals surface area contributed by atoms with Crippen molar-refractivity contribution in [2.45, 2.75) is 19.4 Å². The van der Waals surface area contributed by atoms with E-state index in [1.165, 1.54) is 0 Å². The predicted molar refractivity (Wildman–Crippen MR) is 88.6 cm³/mol. The van der Waals surface area contributed by atoms with E-state index in [0.717, 1.165) is 33.4 Å². The number of aromatic amines is 1. The lowest BCUT2D eigenvalue weighted by Crippen LogP contribution is -2.25. The van der Waals surface area contributed by atoms with Crippen molar-refractivity contribution in [1.82, 2.24) is 15.2 Å². The number of hydrogen-bond acceptors (Lipinski definition) is 5. The molecule has 122 valence electrons. The Morgan fingerprint density at radius 2 is 2.21 bits per heavy atom. The van der Waals surface area contributed by atoms with E-state index in [4.69, 9.17) is 4.74 Å². The van der Waals surface area contributed by atoms with Crippen molar-refractivity contribution >= 4 is 22.7 Å². The van der Waals surface area contributed by atoms with Crippen LogP contribution in [-0.2, 0) is 4.74 Å². The Morgan fingerprint density at radius 3 is 3.00 bits per heavy atom. The summed E-state index contributed by atoms with van der Waals surface area (Å²) in [5.41, 5.74) is 5.03. The van der Waals surface area contributed by atoms with Crippen molar-refractivity contribution in [3.8, 4) is 11.3 Å². The smallest absolute Gasteiger partial charge is 0.412 e. The van der Waals surface area contributed by atoms with Gasteiger partial charge in [-0.3, -0.25) is 15.4 Å². The maximum atomic E-state index is 11.7. The SMILES string of the molecule is Cc1cc(-c2n[nH]c3cc4c(cc23)C(CCO)OC(=O)N4)ccn1. The molecule has 0 radical (unpaired) electrons. The largest absolute Gasteiger partial charge is 0.441 e. The number of hydrogen-bond donors (Lipinski definition) is 3. The maximum absolute atomic E-state index is 11.7. The molecule has 2 aromatic heterocycles. The number of anilines is 1. The fourth-order valence-corrected chi connectivity index (χ4v) is 3.03. The first-order chi connectivity index (χ1) is 11.7. The Kier molecular flexibility index (Phi) is 3.42. The quantitative estimate of drug-likeness (QED) is 0.688. The van der Waals surface area contributed by atoms with Gasteiger partial charge in [0.1, 0.15) is 11.8 Å². The number of aryl methyl sites for hydroxylation is 1. The maximum Gasteiger partial charge on any atom is 0.412 e. The number of cyclic esters (lactones) is 1. The van der Waals surface area contributed by atoms with Crippen LogP contribution in [-0.4, -0.2) is 33.0 Å². The minimum atomic E-state index is -0.509. The molecule has 3 heterocycles. The molecule has 1 aromatic carbocycles. The standard InChI is InChI=1S/C17H16N4O3/c1-9-6-10(2-4-18-9)16-12-7-11-13(8-14(12)20-21-16)19-17(23)24-15(11)3-5-22/h2,4,6-8,15,22H,3,5H2,1H3,(H,19,23)(H,20,21). The van der Waals surface area contributed by atoms with Crippen LogP contribution in [0, 0.1) is 6.92 Å². The Labute approximate surface area is 137 Å². The number of carbonyl (C=O) groups excluding carboxylic acids is 1. The van der Waals surface area contributed by atoms with Crippen molar-refractivity contribution in [1.29, 1.82) is 0 Å². The average Bonchev–Trinajstić information content (AvgIpc) is 2.96. The number of rotatable bonds is 3. The van der Waals surface area contributed by atoms with Crippen molar-refractivity contribution < 1.29 is 14.6 Å². The van der Waals surface area contributed by atoms with E-state index >= 15 is 0 Å². The Bertz CT molecular complexity index is 935. The third kappa shape index (κ3) is 2.39. The molecule has 1 unspecified atom stereocenters. The number of nitrogens with one attached hydrogen (secondary N) is 2. The number of amides is 1. The lowest BCUT2D eigenvalue weighted by molar-refractivity contribution is 0.0873. The second-order valence-corrected chi connectivity index (χ2v) is 5.77. The minimum absolute atomic E-state index is 0.0583. The molecule has 0 saturated heterocycles. The van der Waals surface area contributed by atoms with Gasteiger partial charge in [-0.2, -0.15) is 5.10 Å². The zero-order valence-electron chi connectivity index (χ0n) is 13.0. The summed E-state index contributed by atoms with van der Waals surface area (Å²) in [4.78, 5) is 15.9. The molecule has 4 rings (SSSR count). The first kappa shape index (κ1) is 14.6. The average molecular weight is 324 g/mol. The van der Waals surface area contributed by atoms with Gasteiger partial charge in [-0.05, 0) is 31.2 Å². The van der Waals surface area contributed by atoms with Crippen LogP contribution in [0.25, 0.3) is 22.2 Å². The first-order valence-corrected chi connectivity index (χ1v) is 7.69. The van der Waals surface area contributed by atoms with Crippen molar-refractivity contribution in [3.05, 3.63) is 41.7 Å². The van der Waals surface area contributed by atoms with Gasteiger partial charge >= 0.3 is 6.09 Å². The van der Waals surface area contributed by atoms with Gasteiger partial charge in [-0.25, -0.2) is 4.79 Å². The van der Waals surface area contributed by atoms with Crippen LogP contribution in [0.5, 0.6) is 0 Å². The summed E-state index contributed by atoms with van der Waals surface area (Å²) in [6, 6.07) is 7.68. The Morgan fingerprint density at radius 1 is 1.33 bits per heavy atom. The van der Waals surface area contributed by atoms with E-state index in [0.29, 0.717) is 12.1 Å². The monoisotopic (exact) mass is 324 g/mol. The number of benzene rings is 1. The molecule has 0 bridgehead atoms. The summed E-state index contributed by atoms with van der Waals surface area (Å²) in [6.07, 6.45) is 1.13. The number of ether oxygens (including phenoxy) is 1. The van der Waals surface area contributed by atoms with Gasteiger partial charge in [0.15, 0.2) is 0 Å². The third-order valence-corrected chi connectivity index (χ3v) is 4.13. The fourth-order valence-electron chi connectivity index (χ4n) is 3.03. The highest BCUT2D eigenvalue weighted by atomic mass is 16.6. The molecule has 0 saturated carbocycles. The van der Waals surface area contributed by atoms with Crippen LogP contribution in [0.4, 0.5) is 10.5 Å². The number of aliphatic hydroxyl groups is 1. The van der Waals surface area contributed by atoms with E-state index in [1.54, 1.807) is 6.20 Å². The summed E-state index contributed by atoms with van der Waals surface area (Å²) in [6.45, 7) is 1.87. The molecule has 3 aromatic rings. The molecule has 3 N–H and O–H groups in total. The summed E-state index contributed by atoms with van der Waals surface area (Å²) < 4.78 is 5.29. The van der Waals surface area contributed by atoms with Gasteiger partial charge in [-0.1, -0.05) is 0 Å². The molecule has 1 amide bonds. The van der Waals surface area contributed by atoms with Crippen LogP contribution >= 0.6 is 0 Å². The number of aromatic nitrogens is 3. The number of H-pyrrole nitrogens is 1. The van der Waals surface area contributed by atoms with Crippen LogP contribution in [0.1, 0.15) is 23.8 Å². The molecular weight excluding hydrogens is 308 g/mol. The van der Waals surface area contributed by atoms with E-state index in [9.17, 15) is 9.90 Å². The molecule has 0 aliphatic carbocycles. The highest BCUT2D eigenvalue weighted by molar-refractivity contribution is 5.98. The summed E-state index contributed by atoms with van der Waals surface area (Å²) in [5, 5.41) is 20.3. The van der Waals surface area contributed by atoms with Gasteiger partial charge in [0, 0.05) is 41.4 Å². The molecule has 1 aliphatic heterocycles. The van der Waals surface area contributed by atoms with E-state index in [2.05, 4.69) is 20.5 Å². The van der Waals surface area contributed by atoms with E-state index in [-0.39, 0.29) is 6.61 Å². The third-order valence-electron chi connectivity index (χ3n) is 4.13. The number of fused-ring (bicyclic) bond motifs is 2. The number of carbonyl (C=O) groups is 1. The summed E-state index contributed by atoms with van der Waals surface area (Å²) in [5.74, 6) is 0. The van der Waals surface area contributed by atoms with E-state index in [1.807, 2.05) is 31.2 Å². The summed E-state index contributed by atoms with van der Waals surface area (Å²) >= 11 is 0. The van der Waals surface area contributed by atoms with Crippen molar-refractivity contribution in [3.63, 3.8) is 0 Å². The fraction of sp³-hybridized carbons (Fsp3) is 0.235. The molecule has 24 heavy (non-hydrogen) atoms. The summed E-state index contributed by atoms with van der Waals surface area (Å²) in [7, 11) is 0. The van der Waals surface area contributed by atoms with Gasteiger partial charge in [-0.15, -0.1) is 0 Å². The first-order valence-electron chi connectivity index (χ1n) is 7.69. The van der Waals surface area contributed by atoms with Crippen LogP contribution in [0.3, 0.4) is 0 Å². The van der Waals surface area contributed by atoms with Gasteiger partial charge in [0.2, 0.25) is 0 Å². The number of pyridine rings is 1. The minimum Gasteiger partial charge on any atom is -0.441 e. The highest BCUT2D eigenvalue weighted by Gasteiger charge is 2.27. The molecule has 1 aliphatic rings. The van der Waals surface area contributed by atoms with Crippen molar-refractivity contribution in [2.24, 2.45) is 0 Å². The lowest BCUT2D eigenvalue weighted by Gasteiger charge is -2.25. The normalized spacial score (nSPS) is 16.6. The highest BCUT2D eigenvalue weighted by Crippen LogP contribution is 2.38. The van der Waals surface area contributed by atoms with Crippen LogP contribution in [0.2, 0.25) is 0 Å². The topological polar surface area (TPSA) is 100 Å². The molecule has 7 heteroatoms. The predicted octanol–water partition coefficient (Wildman–Crippen LogP) is 2.92. The van der Waals surface area contributed by atoms with E-state index < -0.39 is 12.2 Å². The molecule has 0 fully saturated rings. The molecule has 7 nitrogen and oxygen atoms in total. The van der Waals surface area contributed by atoms with Crippen LogP contribution < -0.4 is 5.32 Å². The number of nitrogens with zero attached hydrogens (tertiary/aromatic N) is 2. The van der Waals surface area contributed by atoms with Gasteiger partial charge < -0.3 is 9.84 Å². The second-order valence-electron chi connectivity index (χ2n) is 5.77. The molecular formula is C17H16N4O3. The Hall–Kier alpha value is -2.93. The van der Waals surface area contributed by atoms with Crippen LogP contribution in [0.15, 0.2) is 30.5 Å². The zero-order valence-corrected chi connectivity index (χ0v) is 13.0.